The van der Waals surface area contributed by atoms with Gasteiger partial charge in [0.1, 0.15) is 11.5 Å². The second-order valence-corrected chi connectivity index (χ2v) is 3.80. The van der Waals surface area contributed by atoms with E-state index in [0.717, 1.165) is 0 Å². The van der Waals surface area contributed by atoms with Gasteiger partial charge in [0.25, 0.3) is 0 Å². The van der Waals surface area contributed by atoms with Crippen LogP contribution in [0.15, 0.2) is 18.2 Å². The fourth-order valence-electron chi connectivity index (χ4n) is 1.51. The smallest absolute Gasteiger partial charge is 0.224 e. The molecule has 0 aliphatic heterocycles. The van der Waals surface area contributed by atoms with Crippen molar-refractivity contribution in [1.29, 1.82) is 0 Å². The molecule has 5 heteroatoms. The molecule has 0 saturated heterocycles. The molecule has 1 amide bonds. The molecule has 1 rings (SSSR count). The number of rotatable bonds is 7. The standard InChI is InChI=1S/C13H19NO4/c1-17-10-6-7-11(12(9-10)18-2)14-13(16)5-3-4-8-15/h6-7,9,15H,3-5,8H2,1-2H3,(H,14,16). The van der Waals surface area contributed by atoms with Gasteiger partial charge in [-0.3, -0.25) is 4.79 Å². The lowest BCUT2D eigenvalue weighted by Gasteiger charge is -2.11. The summed E-state index contributed by atoms with van der Waals surface area (Å²) in [7, 11) is 3.11. The summed E-state index contributed by atoms with van der Waals surface area (Å²) in [4.78, 5) is 11.6. The molecule has 0 saturated carbocycles. The number of carbonyl (C=O) groups excluding carboxylic acids is 1. The van der Waals surface area contributed by atoms with Crippen LogP contribution in [0.2, 0.25) is 0 Å². The molecule has 1 aromatic carbocycles. The highest BCUT2D eigenvalue weighted by molar-refractivity contribution is 5.92. The first-order valence-electron chi connectivity index (χ1n) is 5.84. The van der Waals surface area contributed by atoms with E-state index in [-0.39, 0.29) is 12.5 Å². The van der Waals surface area contributed by atoms with Crippen LogP contribution in [0.3, 0.4) is 0 Å². The molecule has 0 aromatic heterocycles. The maximum absolute atomic E-state index is 11.6. The lowest BCUT2D eigenvalue weighted by molar-refractivity contribution is -0.116. The zero-order chi connectivity index (χ0) is 13.4. The molecule has 0 fully saturated rings. The summed E-state index contributed by atoms with van der Waals surface area (Å²) in [5, 5.41) is 11.4. The molecule has 5 nitrogen and oxygen atoms in total. The van der Waals surface area contributed by atoms with Gasteiger partial charge in [0, 0.05) is 19.1 Å². The van der Waals surface area contributed by atoms with Crippen molar-refractivity contribution in [3.8, 4) is 11.5 Å². The minimum Gasteiger partial charge on any atom is -0.497 e. The minimum atomic E-state index is -0.0908. The molecule has 100 valence electrons. The van der Waals surface area contributed by atoms with Gasteiger partial charge in [0.05, 0.1) is 19.9 Å². The third-order valence-corrected chi connectivity index (χ3v) is 2.49. The van der Waals surface area contributed by atoms with Gasteiger partial charge in [-0.05, 0) is 25.0 Å². The number of ether oxygens (including phenoxy) is 2. The number of hydrogen-bond donors (Lipinski definition) is 2. The highest BCUT2D eigenvalue weighted by Crippen LogP contribution is 2.29. The topological polar surface area (TPSA) is 67.8 Å². The molecule has 1 aromatic rings. The van der Waals surface area contributed by atoms with Crippen LogP contribution in [-0.4, -0.2) is 31.8 Å². The number of unbranched alkanes of at least 4 members (excludes halogenated alkanes) is 1. The monoisotopic (exact) mass is 253 g/mol. The van der Waals surface area contributed by atoms with E-state index in [4.69, 9.17) is 14.6 Å². The molecule has 0 radical (unpaired) electrons. The van der Waals surface area contributed by atoms with Crippen molar-refractivity contribution in [2.45, 2.75) is 19.3 Å². The Morgan fingerprint density at radius 3 is 2.67 bits per heavy atom. The van der Waals surface area contributed by atoms with Crippen molar-refractivity contribution >= 4 is 11.6 Å². The normalized spacial score (nSPS) is 9.94. The van der Waals surface area contributed by atoms with Crippen LogP contribution in [0.1, 0.15) is 19.3 Å². The van der Waals surface area contributed by atoms with Crippen molar-refractivity contribution < 1.29 is 19.4 Å². The molecule has 0 heterocycles. The highest BCUT2D eigenvalue weighted by Gasteiger charge is 2.08. The van der Waals surface area contributed by atoms with E-state index in [0.29, 0.717) is 36.4 Å². The maximum Gasteiger partial charge on any atom is 0.224 e. The van der Waals surface area contributed by atoms with Crippen LogP contribution < -0.4 is 14.8 Å². The molecular weight excluding hydrogens is 234 g/mol. The predicted octanol–water partition coefficient (Wildman–Crippen LogP) is 1.80. The Morgan fingerprint density at radius 1 is 1.28 bits per heavy atom. The van der Waals surface area contributed by atoms with E-state index in [9.17, 15) is 4.79 Å². The van der Waals surface area contributed by atoms with Gasteiger partial charge in [-0.2, -0.15) is 0 Å². The third-order valence-electron chi connectivity index (χ3n) is 2.49. The molecule has 0 unspecified atom stereocenters. The fourth-order valence-corrected chi connectivity index (χ4v) is 1.51. The largest absolute Gasteiger partial charge is 0.497 e. The first-order valence-corrected chi connectivity index (χ1v) is 5.84. The summed E-state index contributed by atoms with van der Waals surface area (Å²) in [6, 6.07) is 5.21. The Balaban J connectivity index is 2.63. The summed E-state index contributed by atoms with van der Waals surface area (Å²) in [5.74, 6) is 1.14. The third kappa shape index (κ3) is 4.25. The number of methoxy groups -OCH3 is 2. The van der Waals surface area contributed by atoms with Gasteiger partial charge < -0.3 is 19.9 Å². The number of aliphatic hydroxyl groups is 1. The second-order valence-electron chi connectivity index (χ2n) is 3.80. The number of hydrogen-bond acceptors (Lipinski definition) is 4. The number of nitrogens with one attached hydrogen (secondary N) is 1. The van der Waals surface area contributed by atoms with Crippen molar-refractivity contribution in [3.63, 3.8) is 0 Å². The Kier molecular flexibility index (Phi) is 6.00. The SMILES string of the molecule is COc1ccc(NC(=O)CCCCO)c(OC)c1. The molecular formula is C13H19NO4. The number of amides is 1. The Morgan fingerprint density at radius 2 is 2.06 bits per heavy atom. The summed E-state index contributed by atoms with van der Waals surface area (Å²) >= 11 is 0. The van der Waals surface area contributed by atoms with Gasteiger partial charge in [-0.15, -0.1) is 0 Å². The first-order chi connectivity index (χ1) is 8.71. The molecule has 18 heavy (non-hydrogen) atoms. The Bertz CT molecular complexity index is 393. The van der Waals surface area contributed by atoms with Crippen LogP contribution >= 0.6 is 0 Å². The van der Waals surface area contributed by atoms with Crippen LogP contribution in [0.5, 0.6) is 11.5 Å². The van der Waals surface area contributed by atoms with Gasteiger partial charge in [0.15, 0.2) is 0 Å². The number of benzene rings is 1. The summed E-state index contributed by atoms with van der Waals surface area (Å²) in [6.45, 7) is 0.110. The van der Waals surface area contributed by atoms with Crippen LogP contribution in [0, 0.1) is 0 Å². The fraction of sp³-hybridized carbons (Fsp3) is 0.462. The molecule has 0 atom stereocenters. The van der Waals surface area contributed by atoms with E-state index in [1.165, 1.54) is 7.11 Å². The average Bonchev–Trinajstić information content (AvgIpc) is 2.39. The van der Waals surface area contributed by atoms with E-state index in [1.54, 1.807) is 25.3 Å². The zero-order valence-electron chi connectivity index (χ0n) is 10.7. The van der Waals surface area contributed by atoms with E-state index < -0.39 is 0 Å². The second kappa shape index (κ2) is 7.55. The van der Waals surface area contributed by atoms with Gasteiger partial charge >= 0.3 is 0 Å². The van der Waals surface area contributed by atoms with Gasteiger partial charge in [-0.1, -0.05) is 0 Å². The Hall–Kier alpha value is -1.75. The van der Waals surface area contributed by atoms with Gasteiger partial charge in [-0.25, -0.2) is 0 Å². The van der Waals surface area contributed by atoms with E-state index >= 15 is 0 Å². The quantitative estimate of drug-likeness (QED) is 0.727. The summed E-state index contributed by atoms with van der Waals surface area (Å²) in [5.41, 5.74) is 0.618. The Labute approximate surface area is 107 Å². The van der Waals surface area contributed by atoms with Crippen molar-refractivity contribution in [3.05, 3.63) is 18.2 Å². The lowest BCUT2D eigenvalue weighted by atomic mass is 10.2. The van der Waals surface area contributed by atoms with E-state index in [1.807, 2.05) is 0 Å². The minimum absolute atomic E-state index is 0.0908. The number of carbonyl (C=O) groups is 1. The highest BCUT2D eigenvalue weighted by atomic mass is 16.5. The predicted molar refractivity (Wildman–Crippen MR) is 69.1 cm³/mol. The molecule has 0 aliphatic carbocycles. The van der Waals surface area contributed by atoms with Crippen molar-refractivity contribution in [2.75, 3.05) is 26.1 Å². The van der Waals surface area contributed by atoms with Crippen molar-refractivity contribution in [2.24, 2.45) is 0 Å². The number of aliphatic hydroxyl groups excluding tert-OH is 1. The lowest BCUT2D eigenvalue weighted by Crippen LogP contribution is -2.12. The summed E-state index contributed by atoms with van der Waals surface area (Å²) < 4.78 is 10.3. The zero-order valence-corrected chi connectivity index (χ0v) is 10.7. The maximum atomic E-state index is 11.6. The molecule has 0 aliphatic rings. The van der Waals surface area contributed by atoms with Crippen LogP contribution in [0.4, 0.5) is 5.69 Å². The molecule has 0 bridgehead atoms. The molecule has 2 N–H and O–H groups in total. The van der Waals surface area contributed by atoms with E-state index in [2.05, 4.69) is 5.32 Å². The summed E-state index contributed by atoms with van der Waals surface area (Å²) in [6.07, 6.45) is 1.68. The van der Waals surface area contributed by atoms with Crippen LogP contribution in [0.25, 0.3) is 0 Å². The molecule has 0 spiro atoms. The van der Waals surface area contributed by atoms with Gasteiger partial charge in [0.2, 0.25) is 5.91 Å². The average molecular weight is 253 g/mol. The van der Waals surface area contributed by atoms with Crippen LogP contribution in [-0.2, 0) is 4.79 Å². The number of anilines is 1. The first kappa shape index (κ1) is 14.3. The van der Waals surface area contributed by atoms with Crippen molar-refractivity contribution in [1.82, 2.24) is 0 Å².